The summed E-state index contributed by atoms with van der Waals surface area (Å²) >= 11 is 5.77. The second-order valence-electron chi connectivity index (χ2n) is 5.53. The summed E-state index contributed by atoms with van der Waals surface area (Å²) in [5, 5.41) is 3.34. The number of anilines is 1. The summed E-state index contributed by atoms with van der Waals surface area (Å²) in [7, 11) is 0. The van der Waals surface area contributed by atoms with Crippen molar-refractivity contribution < 1.29 is 14.3 Å². The van der Waals surface area contributed by atoms with Crippen molar-refractivity contribution in [2.75, 3.05) is 11.9 Å². The second kappa shape index (κ2) is 8.50. The van der Waals surface area contributed by atoms with Crippen LogP contribution < -0.4 is 5.32 Å². The van der Waals surface area contributed by atoms with Crippen molar-refractivity contribution >= 4 is 29.2 Å². The molecule has 0 aliphatic heterocycles. The minimum atomic E-state index is -0.558. The number of amides is 1. The summed E-state index contributed by atoms with van der Waals surface area (Å²) in [6.45, 7) is 3.86. The molecular weight excluding hydrogens is 326 g/mol. The molecule has 0 fully saturated rings. The van der Waals surface area contributed by atoms with Gasteiger partial charge in [-0.05, 0) is 48.2 Å². The lowest BCUT2D eigenvalue weighted by Crippen LogP contribution is -2.21. The molecule has 2 aromatic carbocycles. The molecule has 0 bridgehead atoms. The van der Waals surface area contributed by atoms with Gasteiger partial charge in [0, 0.05) is 10.7 Å². The van der Waals surface area contributed by atoms with E-state index in [-0.39, 0.29) is 12.5 Å². The van der Waals surface area contributed by atoms with Crippen LogP contribution in [0.3, 0.4) is 0 Å². The summed E-state index contributed by atoms with van der Waals surface area (Å²) in [4.78, 5) is 23.9. The minimum Gasteiger partial charge on any atom is -0.452 e. The molecule has 0 saturated carbocycles. The Labute approximate surface area is 146 Å². The number of halogens is 1. The number of ether oxygens (including phenoxy) is 1. The molecule has 0 aromatic heterocycles. The molecule has 0 aliphatic rings. The smallest absolute Gasteiger partial charge is 0.338 e. The fourth-order valence-electron chi connectivity index (χ4n) is 2.25. The number of hydrogen-bond donors (Lipinski definition) is 1. The first-order chi connectivity index (χ1) is 11.5. The number of rotatable bonds is 6. The number of esters is 1. The summed E-state index contributed by atoms with van der Waals surface area (Å²) in [6, 6.07) is 14.0. The number of para-hydroxylation sites is 1. The molecule has 2 rings (SSSR count). The van der Waals surface area contributed by atoms with Gasteiger partial charge >= 0.3 is 5.97 Å². The van der Waals surface area contributed by atoms with E-state index in [9.17, 15) is 9.59 Å². The van der Waals surface area contributed by atoms with Crippen LogP contribution in [0.25, 0.3) is 0 Å². The van der Waals surface area contributed by atoms with Gasteiger partial charge in [0.05, 0.1) is 5.56 Å². The number of hydrogen-bond acceptors (Lipinski definition) is 3. The van der Waals surface area contributed by atoms with Gasteiger partial charge in [-0.1, -0.05) is 43.6 Å². The van der Waals surface area contributed by atoms with Gasteiger partial charge in [-0.3, -0.25) is 4.79 Å². The Morgan fingerprint density at radius 3 is 2.46 bits per heavy atom. The van der Waals surface area contributed by atoms with Crippen molar-refractivity contribution in [2.45, 2.75) is 26.2 Å². The van der Waals surface area contributed by atoms with Crippen LogP contribution in [-0.2, 0) is 9.53 Å². The van der Waals surface area contributed by atoms with E-state index in [2.05, 4.69) is 19.2 Å². The highest BCUT2D eigenvalue weighted by Gasteiger charge is 2.13. The van der Waals surface area contributed by atoms with E-state index in [0.717, 1.165) is 17.7 Å². The zero-order valence-electron chi connectivity index (χ0n) is 13.7. The third kappa shape index (κ3) is 4.83. The van der Waals surface area contributed by atoms with Crippen molar-refractivity contribution in [1.29, 1.82) is 0 Å². The molecule has 0 spiro atoms. The van der Waals surface area contributed by atoms with Crippen molar-refractivity contribution in [3.05, 3.63) is 64.7 Å². The van der Waals surface area contributed by atoms with Crippen LogP contribution in [0, 0.1) is 0 Å². The Hall–Kier alpha value is -2.33. The van der Waals surface area contributed by atoms with Crippen LogP contribution in [0.2, 0.25) is 5.02 Å². The molecule has 1 atom stereocenters. The molecule has 2 aromatic rings. The molecule has 4 nitrogen and oxygen atoms in total. The van der Waals surface area contributed by atoms with Crippen LogP contribution in [0.15, 0.2) is 48.5 Å². The molecule has 5 heteroatoms. The maximum Gasteiger partial charge on any atom is 0.338 e. The average molecular weight is 346 g/mol. The molecule has 0 radical (unpaired) electrons. The van der Waals surface area contributed by atoms with E-state index in [1.807, 2.05) is 24.3 Å². The van der Waals surface area contributed by atoms with Gasteiger partial charge in [-0.25, -0.2) is 4.79 Å². The monoisotopic (exact) mass is 345 g/mol. The summed E-state index contributed by atoms with van der Waals surface area (Å²) < 4.78 is 5.03. The average Bonchev–Trinajstić information content (AvgIpc) is 2.60. The zero-order valence-corrected chi connectivity index (χ0v) is 14.5. The predicted molar refractivity (Wildman–Crippen MR) is 95.5 cm³/mol. The highest BCUT2D eigenvalue weighted by molar-refractivity contribution is 6.30. The molecule has 0 unspecified atom stereocenters. The largest absolute Gasteiger partial charge is 0.452 e. The predicted octanol–water partition coefficient (Wildman–Crippen LogP) is 4.65. The highest BCUT2D eigenvalue weighted by Crippen LogP contribution is 2.26. The van der Waals surface area contributed by atoms with Gasteiger partial charge in [0.15, 0.2) is 6.61 Å². The second-order valence-corrected chi connectivity index (χ2v) is 5.96. The maximum atomic E-state index is 12.1. The van der Waals surface area contributed by atoms with E-state index >= 15 is 0 Å². The first-order valence-corrected chi connectivity index (χ1v) is 8.20. The lowest BCUT2D eigenvalue weighted by Gasteiger charge is -2.15. The van der Waals surface area contributed by atoms with Gasteiger partial charge < -0.3 is 10.1 Å². The summed E-state index contributed by atoms with van der Waals surface area (Å²) in [5.74, 6) is -0.594. The van der Waals surface area contributed by atoms with Crippen LogP contribution in [0.1, 0.15) is 42.1 Å². The lowest BCUT2D eigenvalue weighted by atomic mass is 9.97. The van der Waals surface area contributed by atoms with Crippen LogP contribution >= 0.6 is 11.6 Å². The quantitative estimate of drug-likeness (QED) is 0.775. The van der Waals surface area contributed by atoms with Gasteiger partial charge in [0.1, 0.15) is 0 Å². The standard InChI is InChI=1S/C19H20ClNO3/c1-3-13(2)16-6-4-5-7-17(16)21-18(22)12-24-19(23)14-8-10-15(20)11-9-14/h4-11,13H,3,12H2,1-2H3,(H,21,22)/t13-/m0/s1. The molecule has 1 amide bonds. The fraction of sp³-hybridized carbons (Fsp3) is 0.263. The van der Waals surface area contributed by atoms with E-state index in [0.29, 0.717) is 16.5 Å². The van der Waals surface area contributed by atoms with E-state index in [1.165, 1.54) is 0 Å². The minimum absolute atomic E-state index is 0.332. The lowest BCUT2D eigenvalue weighted by molar-refractivity contribution is -0.119. The van der Waals surface area contributed by atoms with E-state index in [1.54, 1.807) is 24.3 Å². The highest BCUT2D eigenvalue weighted by atomic mass is 35.5. The summed E-state index contributed by atoms with van der Waals surface area (Å²) in [6.07, 6.45) is 0.971. The molecular formula is C19H20ClNO3. The fourth-order valence-corrected chi connectivity index (χ4v) is 2.37. The van der Waals surface area contributed by atoms with Gasteiger partial charge in [-0.2, -0.15) is 0 Å². The Bertz CT molecular complexity index is 713. The SMILES string of the molecule is CC[C@H](C)c1ccccc1NC(=O)COC(=O)c1ccc(Cl)cc1. The topological polar surface area (TPSA) is 55.4 Å². The van der Waals surface area contributed by atoms with Crippen molar-refractivity contribution in [2.24, 2.45) is 0 Å². The number of carbonyl (C=O) groups excluding carboxylic acids is 2. The molecule has 0 saturated heterocycles. The Kier molecular flexibility index (Phi) is 6.38. The Morgan fingerprint density at radius 2 is 1.79 bits per heavy atom. The van der Waals surface area contributed by atoms with E-state index < -0.39 is 5.97 Å². The Morgan fingerprint density at radius 1 is 1.12 bits per heavy atom. The maximum absolute atomic E-state index is 12.1. The van der Waals surface area contributed by atoms with Gasteiger partial charge in [0.25, 0.3) is 5.91 Å². The van der Waals surface area contributed by atoms with Crippen molar-refractivity contribution in [3.63, 3.8) is 0 Å². The van der Waals surface area contributed by atoms with Crippen molar-refractivity contribution in [3.8, 4) is 0 Å². The first kappa shape index (κ1) is 18.0. The third-order valence-electron chi connectivity index (χ3n) is 3.79. The van der Waals surface area contributed by atoms with Crippen LogP contribution in [-0.4, -0.2) is 18.5 Å². The third-order valence-corrected chi connectivity index (χ3v) is 4.04. The first-order valence-electron chi connectivity index (χ1n) is 7.82. The Balaban J connectivity index is 1.94. The van der Waals surface area contributed by atoms with E-state index in [4.69, 9.17) is 16.3 Å². The van der Waals surface area contributed by atoms with Gasteiger partial charge in [-0.15, -0.1) is 0 Å². The number of nitrogens with one attached hydrogen (secondary N) is 1. The van der Waals surface area contributed by atoms with Crippen LogP contribution in [0.4, 0.5) is 5.69 Å². The molecule has 1 N–H and O–H groups in total. The molecule has 126 valence electrons. The molecule has 0 aliphatic carbocycles. The van der Waals surface area contributed by atoms with Crippen molar-refractivity contribution in [1.82, 2.24) is 0 Å². The number of benzene rings is 2. The molecule has 24 heavy (non-hydrogen) atoms. The number of carbonyl (C=O) groups is 2. The van der Waals surface area contributed by atoms with Gasteiger partial charge in [0.2, 0.25) is 0 Å². The van der Waals surface area contributed by atoms with Crippen LogP contribution in [0.5, 0.6) is 0 Å². The molecule has 0 heterocycles. The normalized spacial score (nSPS) is 11.6. The summed E-state index contributed by atoms with van der Waals surface area (Å²) in [5.41, 5.74) is 2.17. The zero-order chi connectivity index (χ0) is 17.5.